The summed E-state index contributed by atoms with van der Waals surface area (Å²) in [6, 6.07) is 0. The average Bonchev–Trinajstić information content (AvgIpc) is 2.12. The van der Waals surface area contributed by atoms with Gasteiger partial charge in [0.2, 0.25) is 0 Å². The molecule has 0 radical (unpaired) electrons. The van der Waals surface area contributed by atoms with Crippen LogP contribution in [0.4, 0.5) is 0 Å². The Morgan fingerprint density at radius 3 is 2.60 bits per heavy atom. The van der Waals surface area contributed by atoms with Gasteiger partial charge in [-0.15, -0.1) is 0 Å². The first-order chi connectivity index (χ1) is 2.43. The maximum Gasteiger partial charge on any atom is 0.121 e. The molecule has 1 heterocycles. The van der Waals surface area contributed by atoms with E-state index in [4.69, 9.17) is 0 Å². The first-order valence-corrected chi connectivity index (χ1v) is 2.43. The lowest BCUT2D eigenvalue weighted by atomic mass is 9.90. The molecule has 0 aromatic rings. The Bertz CT molecular complexity index is 31.9. The van der Waals surface area contributed by atoms with E-state index < -0.39 is 0 Å². The molecule has 1 aliphatic rings. The van der Waals surface area contributed by atoms with Crippen molar-refractivity contribution in [2.24, 2.45) is 0 Å². The van der Waals surface area contributed by atoms with Crippen LogP contribution in [-0.4, -0.2) is 15.1 Å². The fraction of sp³-hybridized carbons (Fsp3) is 1.00. The van der Waals surface area contributed by atoms with E-state index in [1.807, 2.05) is 0 Å². The maximum absolute atomic E-state index is 2.26. The van der Waals surface area contributed by atoms with Gasteiger partial charge < -0.3 is 0 Å². The highest BCUT2D eigenvalue weighted by molar-refractivity contribution is 6.52. The van der Waals surface area contributed by atoms with Crippen LogP contribution < -0.4 is 0 Å². The smallest absolute Gasteiger partial charge is 0.0855 e. The largest absolute Gasteiger partial charge is 0.121 e. The van der Waals surface area contributed by atoms with Crippen molar-refractivity contribution in [2.75, 3.05) is 0 Å². The highest BCUT2D eigenvalue weighted by Gasteiger charge is 2.19. The predicted octanol–water partition coefficient (Wildman–Crippen LogP) is -0.305. The van der Waals surface area contributed by atoms with E-state index >= 15 is 0 Å². The summed E-state index contributed by atoms with van der Waals surface area (Å²) in [6.45, 7) is 0. The van der Waals surface area contributed by atoms with Crippen molar-refractivity contribution in [3.05, 3.63) is 0 Å². The molecule has 1 unspecified atom stereocenters. The van der Waals surface area contributed by atoms with Gasteiger partial charge in [-0.3, -0.25) is 0 Å². The van der Waals surface area contributed by atoms with Crippen LogP contribution >= 0.6 is 0 Å². The molecule has 0 N–H and O–H groups in total. The summed E-state index contributed by atoms with van der Waals surface area (Å²) in [4.78, 5) is 0. The molecule has 0 saturated carbocycles. The molecule has 26 valence electrons. The van der Waals surface area contributed by atoms with Crippen LogP contribution in [-0.2, 0) is 0 Å². The van der Waals surface area contributed by atoms with Gasteiger partial charge in [0.1, 0.15) is 15.1 Å². The molecule has 0 bridgehead atoms. The highest BCUT2D eigenvalue weighted by atomic mass is 14.0. The Hall–Kier alpha value is 0.130. The van der Waals surface area contributed by atoms with Crippen LogP contribution in [0.3, 0.4) is 0 Å². The van der Waals surface area contributed by atoms with E-state index in [2.05, 4.69) is 7.85 Å². The second-order valence-electron chi connectivity index (χ2n) is 1.85. The van der Waals surface area contributed by atoms with E-state index in [1.165, 1.54) is 19.9 Å². The van der Waals surface area contributed by atoms with Crippen LogP contribution in [0.25, 0.3) is 0 Å². The molecule has 0 aromatic carbocycles. The van der Waals surface area contributed by atoms with Crippen LogP contribution in [0.2, 0.25) is 18.5 Å². The minimum absolute atomic E-state index is 1.13. The first-order valence-electron chi connectivity index (χ1n) is 2.43. The zero-order valence-corrected chi connectivity index (χ0v) is 3.70. The van der Waals surface area contributed by atoms with E-state index in [0.717, 1.165) is 5.82 Å². The minimum Gasteiger partial charge on any atom is -0.0855 e. The topological polar surface area (TPSA) is 0 Å². The summed E-state index contributed by atoms with van der Waals surface area (Å²) in [7, 11) is 3.77. The molecule has 0 aromatic heterocycles. The molecule has 1 fully saturated rings. The number of rotatable bonds is 1. The fourth-order valence-electron chi connectivity index (χ4n) is 0.526. The van der Waals surface area contributed by atoms with Crippen molar-refractivity contribution >= 4 is 15.1 Å². The Morgan fingerprint density at radius 2 is 2.60 bits per heavy atom. The van der Waals surface area contributed by atoms with Gasteiger partial charge in [0.05, 0.1) is 0 Å². The number of hydrogen-bond acceptors (Lipinski definition) is 0. The molecule has 1 rings (SSSR count). The Balaban J connectivity index is 2.00. The van der Waals surface area contributed by atoms with Crippen LogP contribution in [0.5, 0.6) is 0 Å². The van der Waals surface area contributed by atoms with Gasteiger partial charge in [0.25, 0.3) is 0 Å². The zero-order valence-electron chi connectivity index (χ0n) is 3.70. The molecule has 0 amide bonds. The molecular weight excluding hydrogens is 57.7 g/mol. The van der Waals surface area contributed by atoms with E-state index in [9.17, 15) is 0 Å². The van der Waals surface area contributed by atoms with Crippen molar-refractivity contribution in [2.45, 2.75) is 18.5 Å². The lowest BCUT2D eigenvalue weighted by Crippen LogP contribution is -1.61. The average molecular weight is 65.7 g/mol. The van der Waals surface area contributed by atoms with Gasteiger partial charge in [-0.1, -0.05) is 18.5 Å². The SMILES string of the molecule is BCC1BC1. The molecule has 1 aliphatic heterocycles. The molecule has 0 aliphatic carbocycles. The zero-order chi connectivity index (χ0) is 3.70. The summed E-state index contributed by atoms with van der Waals surface area (Å²) >= 11 is 0. The van der Waals surface area contributed by atoms with Gasteiger partial charge in [-0.25, -0.2) is 0 Å². The number of hydrogen-bond donors (Lipinski definition) is 0. The standard InChI is InChI=1S/C3H8B2/c4-1-3-2-5-3/h3,5H,1-2,4H2. The summed E-state index contributed by atoms with van der Waals surface area (Å²) in [5.74, 6) is 1.13. The molecule has 5 heavy (non-hydrogen) atoms. The van der Waals surface area contributed by atoms with Crippen molar-refractivity contribution in [3.63, 3.8) is 0 Å². The van der Waals surface area contributed by atoms with Crippen molar-refractivity contribution in [1.29, 1.82) is 0 Å². The van der Waals surface area contributed by atoms with Gasteiger partial charge in [0.15, 0.2) is 0 Å². The monoisotopic (exact) mass is 66.1 g/mol. The lowest BCUT2D eigenvalue weighted by Gasteiger charge is -1.73. The van der Waals surface area contributed by atoms with Crippen molar-refractivity contribution < 1.29 is 0 Å². The summed E-state index contributed by atoms with van der Waals surface area (Å²) < 4.78 is 0. The summed E-state index contributed by atoms with van der Waals surface area (Å²) in [5, 5.41) is 0. The molecular formula is C3H8B2. The maximum atomic E-state index is 2.26. The quantitative estimate of drug-likeness (QED) is 0.368. The van der Waals surface area contributed by atoms with E-state index in [0.29, 0.717) is 0 Å². The second-order valence-corrected chi connectivity index (χ2v) is 1.85. The third kappa shape index (κ3) is 0.712. The van der Waals surface area contributed by atoms with Gasteiger partial charge >= 0.3 is 0 Å². The first kappa shape index (κ1) is 3.32. The third-order valence-electron chi connectivity index (χ3n) is 1.27. The highest BCUT2D eigenvalue weighted by Crippen LogP contribution is 2.29. The molecule has 1 saturated heterocycles. The molecule has 1 atom stereocenters. The van der Waals surface area contributed by atoms with E-state index in [1.54, 1.807) is 0 Å². The predicted molar refractivity (Wildman–Crippen MR) is 29.1 cm³/mol. The van der Waals surface area contributed by atoms with E-state index in [-0.39, 0.29) is 0 Å². The minimum atomic E-state index is 1.13. The van der Waals surface area contributed by atoms with Gasteiger partial charge in [0, 0.05) is 0 Å². The van der Waals surface area contributed by atoms with Gasteiger partial charge in [-0.05, 0) is 0 Å². The van der Waals surface area contributed by atoms with Crippen molar-refractivity contribution in [3.8, 4) is 0 Å². The Kier molecular flexibility index (Phi) is 0.716. The molecule has 0 nitrogen and oxygen atoms in total. The second kappa shape index (κ2) is 1.08. The normalized spacial score (nSPS) is 32.4. The van der Waals surface area contributed by atoms with Crippen molar-refractivity contribution in [1.82, 2.24) is 0 Å². The molecule has 0 spiro atoms. The summed E-state index contributed by atoms with van der Waals surface area (Å²) in [5.41, 5.74) is 0. The summed E-state index contributed by atoms with van der Waals surface area (Å²) in [6.07, 6.45) is 2.93. The fourth-order valence-corrected chi connectivity index (χ4v) is 0.526. The Morgan fingerprint density at radius 1 is 2.00 bits per heavy atom. The van der Waals surface area contributed by atoms with Crippen LogP contribution in [0.1, 0.15) is 0 Å². The van der Waals surface area contributed by atoms with Gasteiger partial charge in [-0.2, -0.15) is 0 Å². The van der Waals surface area contributed by atoms with Crippen LogP contribution in [0.15, 0.2) is 0 Å². The van der Waals surface area contributed by atoms with Crippen LogP contribution in [0, 0.1) is 0 Å². The third-order valence-corrected chi connectivity index (χ3v) is 1.27. The molecule has 2 heteroatoms. The lowest BCUT2D eigenvalue weighted by molar-refractivity contribution is 1.21. The Labute approximate surface area is 34.6 Å².